The molecule has 2 atom stereocenters. The molecule has 1 amide bonds. The number of rotatable bonds is 5. The van der Waals surface area contributed by atoms with Crippen molar-refractivity contribution in [3.63, 3.8) is 0 Å². The topological polar surface area (TPSA) is 78.4 Å². The second kappa shape index (κ2) is 6.59. The molecule has 5 heteroatoms. The first-order valence-electron chi connectivity index (χ1n) is 6.24. The molecule has 0 aliphatic carbocycles. The van der Waals surface area contributed by atoms with Gasteiger partial charge in [-0.2, -0.15) is 0 Å². The monoisotopic (exact) mass is 242 g/mol. The molecule has 3 N–H and O–H groups in total. The molecule has 1 saturated heterocycles. The molecular weight excluding hydrogens is 220 g/mol. The van der Waals surface area contributed by atoms with Crippen molar-refractivity contribution in [2.24, 2.45) is 11.8 Å². The van der Waals surface area contributed by atoms with Gasteiger partial charge in [0, 0.05) is 6.54 Å². The highest BCUT2D eigenvalue weighted by Gasteiger charge is 2.26. The second-order valence-electron chi connectivity index (χ2n) is 5.07. The van der Waals surface area contributed by atoms with Crippen molar-refractivity contribution in [2.75, 3.05) is 13.1 Å². The van der Waals surface area contributed by atoms with Crippen LogP contribution in [0.3, 0.4) is 0 Å². The molecule has 1 fully saturated rings. The third-order valence-corrected chi connectivity index (χ3v) is 2.99. The highest BCUT2D eigenvalue weighted by atomic mass is 16.4. The predicted octanol–water partition coefficient (Wildman–Crippen LogP) is 0.602. The van der Waals surface area contributed by atoms with E-state index in [1.165, 1.54) is 0 Å². The van der Waals surface area contributed by atoms with Crippen molar-refractivity contribution < 1.29 is 14.7 Å². The van der Waals surface area contributed by atoms with Crippen LogP contribution < -0.4 is 10.6 Å². The number of piperidine rings is 1. The summed E-state index contributed by atoms with van der Waals surface area (Å²) in [7, 11) is 0. The normalized spacial score (nSPS) is 22.2. The Balaban J connectivity index is 2.47. The molecule has 0 spiro atoms. The van der Waals surface area contributed by atoms with Crippen molar-refractivity contribution in [3.05, 3.63) is 0 Å². The summed E-state index contributed by atoms with van der Waals surface area (Å²) in [6.07, 6.45) is 2.29. The molecule has 0 radical (unpaired) electrons. The maximum atomic E-state index is 11.9. The minimum absolute atomic E-state index is 0.0854. The van der Waals surface area contributed by atoms with Gasteiger partial charge in [-0.25, -0.2) is 4.79 Å². The molecule has 0 aromatic carbocycles. The number of carbonyl (C=O) groups is 2. The SMILES string of the molecule is CC(C)CC(NC(=O)C1CCCNC1)C(=O)O. The Labute approximate surface area is 102 Å². The van der Waals surface area contributed by atoms with Crippen LogP contribution in [0, 0.1) is 11.8 Å². The molecule has 1 rings (SSSR count). The molecular formula is C12H22N2O3. The van der Waals surface area contributed by atoms with Crippen LogP contribution in [0.15, 0.2) is 0 Å². The number of nitrogens with one attached hydrogen (secondary N) is 2. The van der Waals surface area contributed by atoms with Crippen molar-refractivity contribution in [1.82, 2.24) is 10.6 Å². The third-order valence-electron chi connectivity index (χ3n) is 2.99. The van der Waals surface area contributed by atoms with E-state index < -0.39 is 12.0 Å². The second-order valence-corrected chi connectivity index (χ2v) is 5.07. The smallest absolute Gasteiger partial charge is 0.326 e. The van der Waals surface area contributed by atoms with Gasteiger partial charge in [-0.1, -0.05) is 13.8 Å². The molecule has 5 nitrogen and oxygen atoms in total. The predicted molar refractivity (Wildman–Crippen MR) is 64.6 cm³/mol. The van der Waals surface area contributed by atoms with Gasteiger partial charge in [-0.15, -0.1) is 0 Å². The number of hydrogen-bond donors (Lipinski definition) is 3. The number of carboxylic acids is 1. The van der Waals surface area contributed by atoms with E-state index in [0.717, 1.165) is 19.4 Å². The van der Waals surface area contributed by atoms with Gasteiger partial charge in [-0.05, 0) is 31.7 Å². The van der Waals surface area contributed by atoms with Gasteiger partial charge in [0.15, 0.2) is 0 Å². The molecule has 2 unspecified atom stereocenters. The lowest BCUT2D eigenvalue weighted by Crippen LogP contribution is -2.47. The fourth-order valence-electron chi connectivity index (χ4n) is 2.06. The average molecular weight is 242 g/mol. The molecule has 1 heterocycles. The van der Waals surface area contributed by atoms with Gasteiger partial charge in [0.05, 0.1) is 5.92 Å². The Morgan fingerprint density at radius 3 is 2.65 bits per heavy atom. The molecule has 0 bridgehead atoms. The van der Waals surface area contributed by atoms with Crippen LogP contribution in [0.5, 0.6) is 0 Å². The van der Waals surface area contributed by atoms with E-state index in [-0.39, 0.29) is 17.7 Å². The minimum atomic E-state index is -0.948. The fourth-order valence-corrected chi connectivity index (χ4v) is 2.06. The van der Waals surface area contributed by atoms with E-state index in [2.05, 4.69) is 10.6 Å². The van der Waals surface area contributed by atoms with E-state index >= 15 is 0 Å². The van der Waals surface area contributed by atoms with Crippen LogP contribution in [-0.4, -0.2) is 36.1 Å². The Kier molecular flexibility index (Phi) is 5.41. The summed E-state index contributed by atoms with van der Waals surface area (Å²) in [5.41, 5.74) is 0. The number of amides is 1. The summed E-state index contributed by atoms with van der Waals surface area (Å²) in [5.74, 6) is -0.917. The number of carboxylic acid groups (broad SMARTS) is 1. The Morgan fingerprint density at radius 2 is 2.18 bits per heavy atom. The fraction of sp³-hybridized carbons (Fsp3) is 0.833. The third kappa shape index (κ3) is 4.73. The zero-order chi connectivity index (χ0) is 12.8. The molecule has 0 aromatic rings. The Hall–Kier alpha value is -1.10. The summed E-state index contributed by atoms with van der Waals surface area (Å²) in [5, 5.41) is 14.8. The van der Waals surface area contributed by atoms with Gasteiger partial charge in [0.2, 0.25) is 5.91 Å². The van der Waals surface area contributed by atoms with Crippen LogP contribution in [-0.2, 0) is 9.59 Å². The Bertz CT molecular complexity index is 273. The van der Waals surface area contributed by atoms with E-state index in [9.17, 15) is 9.59 Å². The van der Waals surface area contributed by atoms with Gasteiger partial charge >= 0.3 is 5.97 Å². The minimum Gasteiger partial charge on any atom is -0.480 e. The average Bonchev–Trinajstić information content (AvgIpc) is 2.28. The summed E-state index contributed by atoms with van der Waals surface area (Å²) >= 11 is 0. The van der Waals surface area contributed by atoms with Gasteiger partial charge in [0.25, 0.3) is 0 Å². The summed E-state index contributed by atoms with van der Waals surface area (Å²) in [4.78, 5) is 22.9. The molecule has 1 aliphatic heterocycles. The molecule has 0 saturated carbocycles. The van der Waals surface area contributed by atoms with Crippen LogP contribution in [0.25, 0.3) is 0 Å². The molecule has 1 aliphatic rings. The van der Waals surface area contributed by atoms with Crippen molar-refractivity contribution in [3.8, 4) is 0 Å². The Morgan fingerprint density at radius 1 is 1.47 bits per heavy atom. The number of hydrogen-bond acceptors (Lipinski definition) is 3. The highest BCUT2D eigenvalue weighted by Crippen LogP contribution is 2.11. The first-order valence-corrected chi connectivity index (χ1v) is 6.24. The van der Waals surface area contributed by atoms with E-state index in [0.29, 0.717) is 13.0 Å². The van der Waals surface area contributed by atoms with E-state index in [1.54, 1.807) is 0 Å². The number of carbonyl (C=O) groups excluding carboxylic acids is 1. The summed E-state index contributed by atoms with van der Waals surface area (Å²) in [6, 6.07) is -0.760. The van der Waals surface area contributed by atoms with Gasteiger partial charge in [-0.3, -0.25) is 4.79 Å². The summed E-state index contributed by atoms with van der Waals surface area (Å²) in [6.45, 7) is 5.49. The molecule has 98 valence electrons. The molecule has 17 heavy (non-hydrogen) atoms. The largest absolute Gasteiger partial charge is 0.480 e. The highest BCUT2D eigenvalue weighted by molar-refractivity contribution is 5.85. The first kappa shape index (κ1) is 14.0. The van der Waals surface area contributed by atoms with Crippen LogP contribution in [0.4, 0.5) is 0 Å². The van der Waals surface area contributed by atoms with E-state index in [4.69, 9.17) is 5.11 Å². The van der Waals surface area contributed by atoms with Gasteiger partial charge in [0.1, 0.15) is 6.04 Å². The van der Waals surface area contributed by atoms with Crippen molar-refractivity contribution in [1.29, 1.82) is 0 Å². The maximum Gasteiger partial charge on any atom is 0.326 e. The molecule has 0 aromatic heterocycles. The van der Waals surface area contributed by atoms with Crippen LogP contribution in [0.2, 0.25) is 0 Å². The lowest BCUT2D eigenvalue weighted by atomic mass is 9.97. The van der Waals surface area contributed by atoms with Crippen LogP contribution in [0.1, 0.15) is 33.1 Å². The quantitative estimate of drug-likeness (QED) is 0.659. The first-order chi connectivity index (χ1) is 8.00. The zero-order valence-electron chi connectivity index (χ0n) is 10.5. The lowest BCUT2D eigenvalue weighted by Gasteiger charge is -2.24. The zero-order valence-corrected chi connectivity index (χ0v) is 10.5. The van der Waals surface area contributed by atoms with Gasteiger partial charge < -0.3 is 15.7 Å². The lowest BCUT2D eigenvalue weighted by molar-refractivity contribution is -0.143. The summed E-state index contributed by atoms with van der Waals surface area (Å²) < 4.78 is 0. The van der Waals surface area contributed by atoms with Crippen molar-refractivity contribution >= 4 is 11.9 Å². The van der Waals surface area contributed by atoms with Crippen molar-refractivity contribution in [2.45, 2.75) is 39.2 Å². The maximum absolute atomic E-state index is 11.9. The standard InChI is InChI=1S/C12H22N2O3/c1-8(2)6-10(12(16)17)14-11(15)9-4-3-5-13-7-9/h8-10,13H,3-7H2,1-2H3,(H,14,15)(H,16,17). The van der Waals surface area contributed by atoms with Crippen LogP contribution >= 0.6 is 0 Å². The van der Waals surface area contributed by atoms with E-state index in [1.807, 2.05) is 13.8 Å². The number of aliphatic carboxylic acids is 1.